The first kappa shape index (κ1) is 23.3. The average molecular weight is 465 g/mol. The maximum atomic E-state index is 9.16. The minimum atomic E-state index is -2.45. The summed E-state index contributed by atoms with van der Waals surface area (Å²) in [6.45, 7) is 2.62. The van der Waals surface area contributed by atoms with Crippen molar-refractivity contribution in [3.8, 4) is 17.2 Å². The first-order valence-electron chi connectivity index (χ1n) is 10.8. The lowest BCUT2D eigenvalue weighted by Gasteiger charge is -2.24. The molecule has 4 rings (SSSR count). The highest BCUT2D eigenvalue weighted by atomic mass is 31.2. The minimum Gasteiger partial charge on any atom is -0.493 e. The second-order valence-corrected chi connectivity index (χ2v) is 8.71. The van der Waals surface area contributed by atoms with Crippen LogP contribution in [0.3, 0.4) is 0 Å². The Morgan fingerprint density at radius 3 is 2.12 bits per heavy atom. The summed E-state index contributed by atoms with van der Waals surface area (Å²) in [7, 11) is 1.51. The molecule has 1 aliphatic rings. The first-order valence-corrected chi connectivity index (χ1v) is 11.9. The Morgan fingerprint density at radius 1 is 0.909 bits per heavy atom. The van der Waals surface area contributed by atoms with E-state index in [1.54, 1.807) is 12.1 Å². The third kappa shape index (κ3) is 5.55. The van der Waals surface area contributed by atoms with E-state index in [-0.39, 0.29) is 6.23 Å². The molecule has 0 amide bonds. The highest BCUT2D eigenvalue weighted by Gasteiger charge is 2.21. The number of hydrogen-bond donors (Lipinski definition) is 2. The van der Waals surface area contributed by atoms with Crippen molar-refractivity contribution in [1.82, 2.24) is 4.90 Å². The summed E-state index contributed by atoms with van der Waals surface area (Å²) in [6.07, 6.45) is 0.742. The molecule has 0 saturated heterocycles. The van der Waals surface area contributed by atoms with Crippen molar-refractivity contribution in [2.45, 2.75) is 19.6 Å². The maximum absolute atomic E-state index is 9.16. The monoisotopic (exact) mass is 465 g/mol. The Balaban J connectivity index is 1.78. The van der Waals surface area contributed by atoms with Crippen LogP contribution in [0, 0.1) is 0 Å². The first-order chi connectivity index (χ1) is 15.9. The highest BCUT2D eigenvalue weighted by Crippen LogP contribution is 2.41. The van der Waals surface area contributed by atoms with Gasteiger partial charge < -0.3 is 23.8 Å². The van der Waals surface area contributed by atoms with Crippen molar-refractivity contribution in [1.29, 1.82) is 0 Å². The molecule has 0 aliphatic carbocycles. The van der Waals surface area contributed by atoms with Crippen molar-refractivity contribution < 1.29 is 23.8 Å². The van der Waals surface area contributed by atoms with E-state index in [2.05, 4.69) is 18.2 Å². The number of para-hydroxylation sites is 1. The molecule has 3 aromatic rings. The van der Waals surface area contributed by atoms with Gasteiger partial charge in [0.2, 0.25) is 0 Å². The fourth-order valence-corrected chi connectivity index (χ4v) is 4.10. The van der Waals surface area contributed by atoms with Gasteiger partial charge in [-0.2, -0.15) is 0 Å². The van der Waals surface area contributed by atoms with Crippen LogP contribution < -0.4 is 14.0 Å². The van der Waals surface area contributed by atoms with Gasteiger partial charge in [-0.25, -0.2) is 0 Å². The van der Waals surface area contributed by atoms with E-state index in [1.807, 2.05) is 68.4 Å². The van der Waals surface area contributed by atoms with E-state index < -0.39 is 8.60 Å². The molecule has 0 radical (unpaired) electrons. The number of ether oxygens (including phenoxy) is 2. The number of fused-ring (bicyclic) bond motifs is 1. The van der Waals surface area contributed by atoms with Gasteiger partial charge in [0, 0.05) is 12.0 Å². The molecule has 0 spiro atoms. The number of rotatable bonds is 7. The minimum absolute atomic E-state index is 0.0351. The molecule has 1 heterocycles. The van der Waals surface area contributed by atoms with Crippen LogP contribution >= 0.6 is 8.60 Å². The van der Waals surface area contributed by atoms with E-state index in [4.69, 9.17) is 23.8 Å². The van der Waals surface area contributed by atoms with Crippen LogP contribution in [-0.2, 0) is 0 Å². The zero-order chi connectivity index (χ0) is 23.4. The molecule has 172 valence electrons. The topological polar surface area (TPSA) is 71.4 Å². The summed E-state index contributed by atoms with van der Waals surface area (Å²) in [5.74, 6) is 2.09. The Morgan fingerprint density at radius 2 is 1.52 bits per heavy atom. The van der Waals surface area contributed by atoms with Crippen molar-refractivity contribution in [3.05, 3.63) is 89.5 Å². The largest absolute Gasteiger partial charge is 0.493 e. The molecule has 0 saturated carbocycles. The van der Waals surface area contributed by atoms with E-state index >= 15 is 0 Å². The Bertz CT molecular complexity index is 1110. The highest BCUT2D eigenvalue weighted by molar-refractivity contribution is 7.39. The lowest BCUT2D eigenvalue weighted by molar-refractivity contribution is 0.0815. The predicted octanol–water partition coefficient (Wildman–Crippen LogP) is 5.30. The molecule has 3 aromatic carbocycles. The molecular weight excluding hydrogens is 437 g/mol. The normalized spacial score (nSPS) is 15.6. The van der Waals surface area contributed by atoms with Crippen LogP contribution in [0.4, 0.5) is 0 Å². The zero-order valence-corrected chi connectivity index (χ0v) is 19.8. The zero-order valence-electron chi connectivity index (χ0n) is 18.9. The summed E-state index contributed by atoms with van der Waals surface area (Å²) in [5.41, 5.74) is 5.44. The molecule has 1 atom stereocenters. The lowest BCUT2D eigenvalue weighted by Crippen LogP contribution is -2.30. The smallest absolute Gasteiger partial charge is 0.391 e. The van der Waals surface area contributed by atoms with E-state index in [0.29, 0.717) is 12.4 Å². The van der Waals surface area contributed by atoms with E-state index in [9.17, 15) is 0 Å². The van der Waals surface area contributed by atoms with Gasteiger partial charge in [0.1, 0.15) is 23.5 Å². The van der Waals surface area contributed by atoms with Gasteiger partial charge in [0.15, 0.2) is 0 Å². The van der Waals surface area contributed by atoms with Crippen LogP contribution in [0.2, 0.25) is 0 Å². The van der Waals surface area contributed by atoms with Crippen LogP contribution in [0.1, 0.15) is 30.0 Å². The quantitative estimate of drug-likeness (QED) is 0.364. The van der Waals surface area contributed by atoms with Gasteiger partial charge in [-0.3, -0.25) is 4.90 Å². The second kappa shape index (κ2) is 10.4. The average Bonchev–Trinajstić information content (AvgIpc) is 2.81. The third-order valence-corrected chi connectivity index (χ3v) is 6.00. The van der Waals surface area contributed by atoms with Crippen LogP contribution in [0.15, 0.2) is 72.8 Å². The van der Waals surface area contributed by atoms with Gasteiger partial charge in [-0.15, -0.1) is 0 Å². The molecule has 7 heteroatoms. The van der Waals surface area contributed by atoms with Crippen LogP contribution in [0.25, 0.3) is 11.1 Å². The van der Waals surface area contributed by atoms with Crippen LogP contribution in [0.5, 0.6) is 17.2 Å². The van der Waals surface area contributed by atoms with Gasteiger partial charge in [0.05, 0.1) is 6.61 Å². The molecule has 0 fully saturated rings. The Kier molecular flexibility index (Phi) is 7.31. The lowest BCUT2D eigenvalue weighted by atomic mass is 9.87. The summed E-state index contributed by atoms with van der Waals surface area (Å²) in [6, 6.07) is 23.6. The molecule has 2 N–H and O–H groups in total. The van der Waals surface area contributed by atoms with Crippen molar-refractivity contribution >= 4 is 19.7 Å². The summed E-state index contributed by atoms with van der Waals surface area (Å²) < 4.78 is 16.9. The number of hydrogen-bond acceptors (Lipinski definition) is 6. The number of nitrogens with zero attached hydrogens (tertiary/aromatic N) is 1. The number of benzene rings is 3. The summed E-state index contributed by atoms with van der Waals surface area (Å²) in [4.78, 5) is 20.3. The van der Waals surface area contributed by atoms with Crippen molar-refractivity contribution in [3.63, 3.8) is 0 Å². The van der Waals surface area contributed by atoms with Crippen molar-refractivity contribution in [2.75, 3.05) is 20.7 Å². The predicted molar refractivity (Wildman–Crippen MR) is 131 cm³/mol. The summed E-state index contributed by atoms with van der Waals surface area (Å²) >= 11 is 0. The Labute approximate surface area is 195 Å². The molecule has 0 aromatic heterocycles. The van der Waals surface area contributed by atoms with E-state index in [1.165, 1.54) is 5.57 Å². The Hall–Kier alpha value is -2.89. The molecular formula is C26H28NO5P. The molecule has 1 unspecified atom stereocenters. The molecule has 1 aliphatic heterocycles. The fourth-order valence-electron chi connectivity index (χ4n) is 3.79. The SMILES string of the molecule is CC(Oc1ccc(/C(=C2/CCOc3ccccc32)c2ccc(OP(O)O)cc2)cc1)N(C)C. The molecule has 6 nitrogen and oxygen atoms in total. The van der Waals surface area contributed by atoms with Crippen LogP contribution in [-0.4, -0.2) is 41.6 Å². The van der Waals surface area contributed by atoms with Gasteiger partial charge in [-0.1, -0.05) is 42.5 Å². The van der Waals surface area contributed by atoms with Gasteiger partial charge in [-0.05, 0) is 73.6 Å². The molecule has 33 heavy (non-hydrogen) atoms. The van der Waals surface area contributed by atoms with E-state index in [0.717, 1.165) is 40.2 Å². The summed E-state index contributed by atoms with van der Waals surface area (Å²) in [5, 5.41) is 0. The van der Waals surface area contributed by atoms with Crippen molar-refractivity contribution in [2.24, 2.45) is 0 Å². The third-order valence-electron chi connectivity index (χ3n) is 5.63. The van der Waals surface area contributed by atoms with Gasteiger partial charge >= 0.3 is 8.60 Å². The molecule has 0 bridgehead atoms. The standard InChI is InChI=1S/C26H28NO5P/c1-18(27(2)3)31-21-12-8-19(9-13-21)26(20-10-14-22(15-11-20)32-33(28)29)24-16-17-30-25-7-5-4-6-23(24)25/h4-15,18,28-29H,16-17H2,1-3H3/b26-24+. The second-order valence-electron chi connectivity index (χ2n) is 8.02. The fraction of sp³-hybridized carbons (Fsp3) is 0.231. The maximum Gasteiger partial charge on any atom is 0.391 e. The van der Waals surface area contributed by atoms with Gasteiger partial charge in [0.25, 0.3) is 0 Å².